The number of aryl methyl sites for hydroxylation is 2. The fourth-order valence-corrected chi connectivity index (χ4v) is 3.44. The van der Waals surface area contributed by atoms with E-state index in [0.29, 0.717) is 13.0 Å². The summed E-state index contributed by atoms with van der Waals surface area (Å²) in [7, 11) is 3.91. The summed E-state index contributed by atoms with van der Waals surface area (Å²) in [5.41, 5.74) is 3.57. The van der Waals surface area contributed by atoms with E-state index < -0.39 is 0 Å². The van der Waals surface area contributed by atoms with E-state index in [0.717, 1.165) is 16.5 Å². The Morgan fingerprint density at radius 1 is 1.08 bits per heavy atom. The number of carbonyl (C=O) groups excluding carboxylic acids is 1. The number of halogens is 1. The van der Waals surface area contributed by atoms with Crippen molar-refractivity contribution in [2.24, 2.45) is 7.05 Å². The van der Waals surface area contributed by atoms with Crippen molar-refractivity contribution in [1.82, 2.24) is 9.47 Å². The summed E-state index contributed by atoms with van der Waals surface area (Å²) in [5.74, 6) is 0.165. The molecule has 0 aliphatic carbocycles. The lowest BCUT2D eigenvalue weighted by Gasteiger charge is -2.18. The Labute approximate surface area is 151 Å². The molecule has 0 saturated heterocycles. The molecule has 0 radical (unpaired) electrons. The minimum atomic E-state index is 0.165. The van der Waals surface area contributed by atoms with Gasteiger partial charge in [-0.1, -0.05) is 52.3 Å². The van der Waals surface area contributed by atoms with Crippen LogP contribution in [0, 0.1) is 0 Å². The molecule has 4 heteroatoms. The van der Waals surface area contributed by atoms with Gasteiger partial charge in [0.25, 0.3) is 0 Å². The van der Waals surface area contributed by atoms with Crippen LogP contribution in [0.2, 0.25) is 0 Å². The lowest BCUT2D eigenvalue weighted by atomic mass is 10.1. The molecule has 3 nitrogen and oxygen atoms in total. The average Bonchev–Trinajstić information content (AvgIpc) is 2.91. The van der Waals surface area contributed by atoms with Gasteiger partial charge in [-0.2, -0.15) is 0 Å². The first-order valence-electron chi connectivity index (χ1n) is 8.06. The molecule has 0 N–H and O–H groups in total. The number of benzene rings is 2. The molecule has 124 valence electrons. The lowest BCUT2D eigenvalue weighted by Crippen LogP contribution is -2.26. The molecule has 0 aliphatic heterocycles. The van der Waals surface area contributed by atoms with E-state index in [-0.39, 0.29) is 5.91 Å². The maximum absolute atomic E-state index is 12.5. The number of hydrogen-bond acceptors (Lipinski definition) is 1. The van der Waals surface area contributed by atoms with Crippen LogP contribution in [-0.4, -0.2) is 22.4 Å². The summed E-state index contributed by atoms with van der Waals surface area (Å²) in [4.78, 5) is 14.3. The van der Waals surface area contributed by atoms with Gasteiger partial charge in [0.15, 0.2) is 0 Å². The van der Waals surface area contributed by atoms with Gasteiger partial charge >= 0.3 is 0 Å². The first-order valence-corrected chi connectivity index (χ1v) is 8.86. The zero-order valence-electron chi connectivity index (χ0n) is 14.0. The third kappa shape index (κ3) is 3.54. The Hall–Kier alpha value is -2.07. The van der Waals surface area contributed by atoms with E-state index in [9.17, 15) is 4.79 Å². The summed E-state index contributed by atoms with van der Waals surface area (Å²) in [6.45, 7) is 0.621. The van der Waals surface area contributed by atoms with Crippen molar-refractivity contribution in [3.63, 3.8) is 0 Å². The minimum absolute atomic E-state index is 0.165. The highest BCUT2D eigenvalue weighted by Crippen LogP contribution is 2.22. The molecule has 24 heavy (non-hydrogen) atoms. The summed E-state index contributed by atoms with van der Waals surface area (Å²) < 4.78 is 3.17. The zero-order chi connectivity index (χ0) is 17.1. The highest BCUT2D eigenvalue weighted by molar-refractivity contribution is 9.10. The molecule has 2 aromatic carbocycles. The van der Waals surface area contributed by atoms with Crippen LogP contribution in [0.5, 0.6) is 0 Å². The molecule has 0 atom stereocenters. The van der Waals surface area contributed by atoms with E-state index in [2.05, 4.69) is 38.8 Å². The third-order valence-corrected chi connectivity index (χ3v) is 5.15. The van der Waals surface area contributed by atoms with Crippen molar-refractivity contribution >= 4 is 32.7 Å². The van der Waals surface area contributed by atoms with Crippen LogP contribution < -0.4 is 0 Å². The number of carbonyl (C=O) groups is 1. The quantitative estimate of drug-likeness (QED) is 0.634. The van der Waals surface area contributed by atoms with Crippen LogP contribution >= 0.6 is 15.9 Å². The van der Waals surface area contributed by atoms with Crippen LogP contribution in [0.1, 0.15) is 17.5 Å². The zero-order valence-corrected chi connectivity index (χ0v) is 15.6. The number of fused-ring (bicyclic) bond motifs is 1. The molecule has 0 unspecified atom stereocenters. The summed E-state index contributed by atoms with van der Waals surface area (Å²) in [6, 6.07) is 16.3. The molecule has 1 aromatic heterocycles. The van der Waals surface area contributed by atoms with Gasteiger partial charge < -0.3 is 9.47 Å². The van der Waals surface area contributed by atoms with Gasteiger partial charge in [-0.15, -0.1) is 0 Å². The topological polar surface area (TPSA) is 25.2 Å². The normalized spacial score (nSPS) is 11.0. The fourth-order valence-electron chi connectivity index (χ4n) is 3.03. The van der Waals surface area contributed by atoms with Gasteiger partial charge in [-0.3, -0.25) is 4.79 Å². The van der Waals surface area contributed by atoms with Gasteiger partial charge in [0.05, 0.1) is 0 Å². The Bertz CT molecular complexity index is 869. The molecule has 0 spiro atoms. The van der Waals surface area contributed by atoms with Crippen molar-refractivity contribution in [3.05, 3.63) is 70.3 Å². The molecular weight excluding hydrogens is 364 g/mol. The summed E-state index contributed by atoms with van der Waals surface area (Å²) in [6.07, 6.45) is 3.42. The van der Waals surface area contributed by atoms with Crippen LogP contribution in [-0.2, 0) is 24.8 Å². The standard InChI is InChI=1S/C20H21BrN2O/c1-22-13-15(17-8-4-6-10-19(17)22)11-12-20(24)23(2)14-16-7-3-5-9-18(16)21/h3-10,13H,11-12,14H2,1-2H3. The molecule has 1 amide bonds. The van der Waals surface area contributed by atoms with E-state index >= 15 is 0 Å². The SMILES string of the molecule is CN(Cc1ccccc1Br)C(=O)CCc1cn(C)c2ccccc12. The van der Waals surface area contributed by atoms with E-state index in [1.807, 2.05) is 50.5 Å². The number of rotatable bonds is 5. The molecular formula is C20H21BrN2O. The summed E-state index contributed by atoms with van der Waals surface area (Å²) in [5, 5.41) is 1.24. The molecule has 1 heterocycles. The smallest absolute Gasteiger partial charge is 0.222 e. The van der Waals surface area contributed by atoms with Crippen molar-refractivity contribution < 1.29 is 4.79 Å². The Kier molecular flexibility index (Phi) is 5.05. The maximum atomic E-state index is 12.5. The minimum Gasteiger partial charge on any atom is -0.350 e. The molecule has 0 bridgehead atoms. The second-order valence-electron chi connectivity index (χ2n) is 6.12. The van der Waals surface area contributed by atoms with Crippen LogP contribution in [0.4, 0.5) is 0 Å². The largest absolute Gasteiger partial charge is 0.350 e. The van der Waals surface area contributed by atoms with Gasteiger partial charge in [0.1, 0.15) is 0 Å². The van der Waals surface area contributed by atoms with Gasteiger partial charge in [-0.05, 0) is 29.7 Å². The number of hydrogen-bond donors (Lipinski definition) is 0. The second-order valence-corrected chi connectivity index (χ2v) is 6.98. The van der Waals surface area contributed by atoms with E-state index in [1.54, 1.807) is 4.90 Å². The predicted octanol–water partition coefficient (Wildman–Crippen LogP) is 4.53. The molecule has 0 aliphatic rings. The van der Waals surface area contributed by atoms with Crippen molar-refractivity contribution in [3.8, 4) is 0 Å². The van der Waals surface area contributed by atoms with Crippen molar-refractivity contribution in [2.75, 3.05) is 7.05 Å². The summed E-state index contributed by atoms with van der Waals surface area (Å²) >= 11 is 3.54. The van der Waals surface area contributed by atoms with Crippen LogP contribution in [0.3, 0.4) is 0 Å². The molecule has 3 aromatic rings. The number of nitrogens with zero attached hydrogens (tertiary/aromatic N) is 2. The first kappa shape index (κ1) is 16.8. The number of aromatic nitrogens is 1. The lowest BCUT2D eigenvalue weighted by molar-refractivity contribution is -0.130. The first-order chi connectivity index (χ1) is 11.6. The molecule has 0 saturated carbocycles. The van der Waals surface area contributed by atoms with Gasteiger partial charge in [0.2, 0.25) is 5.91 Å². The molecule has 0 fully saturated rings. The number of para-hydroxylation sites is 1. The highest BCUT2D eigenvalue weighted by Gasteiger charge is 2.13. The Morgan fingerprint density at radius 2 is 1.79 bits per heavy atom. The molecule has 3 rings (SSSR count). The predicted molar refractivity (Wildman–Crippen MR) is 102 cm³/mol. The van der Waals surface area contributed by atoms with Gasteiger partial charge in [0, 0.05) is 48.6 Å². The second kappa shape index (κ2) is 7.22. The van der Waals surface area contributed by atoms with E-state index in [1.165, 1.54) is 16.5 Å². The number of amides is 1. The van der Waals surface area contributed by atoms with Crippen LogP contribution in [0.25, 0.3) is 10.9 Å². The van der Waals surface area contributed by atoms with Crippen LogP contribution in [0.15, 0.2) is 59.2 Å². The van der Waals surface area contributed by atoms with Gasteiger partial charge in [-0.25, -0.2) is 0 Å². The monoisotopic (exact) mass is 384 g/mol. The Balaban J connectivity index is 1.65. The van der Waals surface area contributed by atoms with Crippen molar-refractivity contribution in [2.45, 2.75) is 19.4 Å². The van der Waals surface area contributed by atoms with Crippen molar-refractivity contribution in [1.29, 1.82) is 0 Å². The third-order valence-electron chi connectivity index (χ3n) is 4.38. The fraction of sp³-hybridized carbons (Fsp3) is 0.250. The average molecular weight is 385 g/mol. The maximum Gasteiger partial charge on any atom is 0.222 e. The highest BCUT2D eigenvalue weighted by atomic mass is 79.9. The van der Waals surface area contributed by atoms with E-state index in [4.69, 9.17) is 0 Å². The Morgan fingerprint density at radius 3 is 2.58 bits per heavy atom.